The summed E-state index contributed by atoms with van der Waals surface area (Å²) in [7, 11) is 1.65. The SMILES string of the molecule is COc1ccc(C(Oc2ccccc2[OH2+])=C(c2ccccc2)c2ccccc2)cc1. The highest BCUT2D eigenvalue weighted by atomic mass is 16.5. The predicted molar refractivity (Wildman–Crippen MR) is 122 cm³/mol. The molecule has 0 fully saturated rings. The Hall–Kier alpha value is -3.98. The summed E-state index contributed by atoms with van der Waals surface area (Å²) in [5.74, 6) is 2.31. The van der Waals surface area contributed by atoms with Crippen molar-refractivity contribution < 1.29 is 14.6 Å². The van der Waals surface area contributed by atoms with E-state index in [-0.39, 0.29) is 0 Å². The molecule has 0 saturated heterocycles. The fourth-order valence-electron chi connectivity index (χ4n) is 3.30. The molecule has 4 rings (SSSR count). The maximum atomic E-state index is 8.27. The monoisotopic (exact) mass is 395 g/mol. The maximum absolute atomic E-state index is 8.27. The summed E-state index contributed by atoms with van der Waals surface area (Å²) in [4.78, 5) is 0. The second-order valence-electron chi connectivity index (χ2n) is 6.76. The lowest BCUT2D eigenvalue weighted by molar-refractivity contribution is 0.414. The first-order valence-electron chi connectivity index (χ1n) is 9.74. The number of hydrogen-bond acceptors (Lipinski definition) is 2. The first kappa shape index (κ1) is 19.3. The van der Waals surface area contributed by atoms with Gasteiger partial charge in [0.05, 0.1) is 7.11 Å². The van der Waals surface area contributed by atoms with Crippen LogP contribution in [0.3, 0.4) is 0 Å². The first-order valence-corrected chi connectivity index (χ1v) is 9.74. The van der Waals surface area contributed by atoms with Crippen molar-refractivity contribution in [1.82, 2.24) is 0 Å². The zero-order chi connectivity index (χ0) is 20.8. The van der Waals surface area contributed by atoms with E-state index in [9.17, 15) is 0 Å². The van der Waals surface area contributed by atoms with Crippen LogP contribution in [0.2, 0.25) is 0 Å². The summed E-state index contributed by atoms with van der Waals surface area (Å²) in [6.07, 6.45) is 0. The third-order valence-electron chi connectivity index (χ3n) is 4.80. The molecule has 0 saturated carbocycles. The third-order valence-corrected chi connectivity index (χ3v) is 4.80. The van der Waals surface area contributed by atoms with Crippen LogP contribution in [0.25, 0.3) is 11.3 Å². The van der Waals surface area contributed by atoms with E-state index in [1.54, 1.807) is 13.2 Å². The van der Waals surface area contributed by atoms with Gasteiger partial charge in [-0.15, -0.1) is 0 Å². The third kappa shape index (κ3) is 4.20. The van der Waals surface area contributed by atoms with Gasteiger partial charge < -0.3 is 14.6 Å². The van der Waals surface area contributed by atoms with E-state index in [0.717, 1.165) is 28.0 Å². The van der Waals surface area contributed by atoms with E-state index in [1.807, 2.05) is 78.9 Å². The molecule has 0 radical (unpaired) electrons. The molecule has 0 unspecified atom stereocenters. The number of benzene rings is 4. The first-order chi connectivity index (χ1) is 14.8. The molecule has 0 atom stereocenters. The standard InChI is InChI=1S/C27H22O3/c1-29-23-18-16-22(17-19-23)27(30-25-15-9-8-14-24(25)28)26(20-10-4-2-5-11-20)21-12-6-3-7-13-21/h2-19,28H,1H3/p+1. The Balaban J connectivity index is 1.98. The molecule has 4 aromatic carbocycles. The van der Waals surface area contributed by atoms with E-state index in [0.29, 0.717) is 17.3 Å². The number of rotatable bonds is 6. The highest BCUT2D eigenvalue weighted by molar-refractivity contribution is 5.96. The zero-order valence-electron chi connectivity index (χ0n) is 16.7. The Morgan fingerprint density at radius 2 is 1.13 bits per heavy atom. The fourth-order valence-corrected chi connectivity index (χ4v) is 3.30. The Morgan fingerprint density at radius 3 is 1.67 bits per heavy atom. The van der Waals surface area contributed by atoms with Gasteiger partial charge in [0, 0.05) is 17.2 Å². The van der Waals surface area contributed by atoms with Crippen molar-refractivity contribution in [3.8, 4) is 17.2 Å². The lowest BCUT2D eigenvalue weighted by Gasteiger charge is -2.18. The minimum absolute atomic E-state index is 0.337. The highest BCUT2D eigenvalue weighted by Crippen LogP contribution is 2.37. The molecule has 0 aliphatic rings. The molecule has 0 spiro atoms. The van der Waals surface area contributed by atoms with Crippen LogP contribution in [-0.4, -0.2) is 12.2 Å². The molecule has 30 heavy (non-hydrogen) atoms. The second-order valence-corrected chi connectivity index (χ2v) is 6.76. The Labute approximate surface area is 176 Å². The molecule has 0 aromatic heterocycles. The van der Waals surface area contributed by atoms with Gasteiger partial charge in [-0.05, 0) is 41.5 Å². The lowest BCUT2D eigenvalue weighted by Crippen LogP contribution is -2.02. The second kappa shape index (κ2) is 9.01. The average molecular weight is 395 g/mol. The average Bonchev–Trinajstić information content (AvgIpc) is 2.81. The lowest BCUT2D eigenvalue weighted by atomic mass is 9.94. The number of para-hydroxylation sites is 2. The highest BCUT2D eigenvalue weighted by Gasteiger charge is 2.19. The summed E-state index contributed by atoms with van der Waals surface area (Å²) in [6, 6.07) is 35.4. The van der Waals surface area contributed by atoms with Crippen molar-refractivity contribution in [2.45, 2.75) is 0 Å². The largest absolute Gasteiger partial charge is 0.591 e. The molecule has 0 heterocycles. The van der Waals surface area contributed by atoms with Crippen molar-refractivity contribution >= 4 is 11.3 Å². The van der Waals surface area contributed by atoms with Gasteiger partial charge in [-0.1, -0.05) is 72.8 Å². The van der Waals surface area contributed by atoms with Crippen LogP contribution >= 0.6 is 0 Å². The molecule has 0 bridgehead atoms. The van der Waals surface area contributed by atoms with Crippen LogP contribution in [0.4, 0.5) is 0 Å². The van der Waals surface area contributed by atoms with E-state index in [1.165, 1.54) is 0 Å². The molecule has 0 amide bonds. The van der Waals surface area contributed by atoms with Crippen LogP contribution in [0.1, 0.15) is 16.7 Å². The van der Waals surface area contributed by atoms with Gasteiger partial charge in [0.25, 0.3) is 5.75 Å². The van der Waals surface area contributed by atoms with Crippen LogP contribution < -0.4 is 9.47 Å². The molecule has 148 valence electrons. The molecule has 3 nitrogen and oxygen atoms in total. The van der Waals surface area contributed by atoms with E-state index in [4.69, 9.17) is 14.6 Å². The Morgan fingerprint density at radius 1 is 0.600 bits per heavy atom. The summed E-state index contributed by atoms with van der Waals surface area (Å²) < 4.78 is 11.8. The number of methoxy groups -OCH3 is 1. The molecule has 3 heteroatoms. The van der Waals surface area contributed by atoms with Crippen molar-refractivity contribution in [3.63, 3.8) is 0 Å². The van der Waals surface area contributed by atoms with Gasteiger partial charge in [0.1, 0.15) is 11.5 Å². The number of ether oxygens (including phenoxy) is 2. The smallest absolute Gasteiger partial charge is 0.297 e. The molecular weight excluding hydrogens is 372 g/mol. The topological polar surface area (TPSA) is 41.4 Å². The normalized spacial score (nSPS) is 10.3. The van der Waals surface area contributed by atoms with Gasteiger partial charge in [0.2, 0.25) is 5.75 Å². The molecular formula is C27H23O3+. The summed E-state index contributed by atoms with van der Waals surface area (Å²) in [5.41, 5.74) is 3.94. The van der Waals surface area contributed by atoms with Gasteiger partial charge >= 0.3 is 0 Å². The van der Waals surface area contributed by atoms with Crippen molar-refractivity contribution in [3.05, 3.63) is 126 Å². The quantitative estimate of drug-likeness (QED) is 0.224. The predicted octanol–water partition coefficient (Wildman–Crippen LogP) is 6.13. The van der Waals surface area contributed by atoms with Crippen LogP contribution in [0.5, 0.6) is 17.2 Å². The fraction of sp³-hybridized carbons (Fsp3) is 0.0370. The Kier molecular flexibility index (Phi) is 5.81. The maximum Gasteiger partial charge on any atom is 0.297 e. The van der Waals surface area contributed by atoms with Gasteiger partial charge in [-0.2, -0.15) is 0 Å². The van der Waals surface area contributed by atoms with E-state index < -0.39 is 0 Å². The minimum Gasteiger partial charge on any atom is -0.591 e. The van der Waals surface area contributed by atoms with E-state index >= 15 is 0 Å². The van der Waals surface area contributed by atoms with Crippen molar-refractivity contribution in [1.29, 1.82) is 0 Å². The number of hydrogen-bond donors (Lipinski definition) is 0. The zero-order valence-corrected chi connectivity index (χ0v) is 16.7. The van der Waals surface area contributed by atoms with Gasteiger partial charge in [-0.25, -0.2) is 0 Å². The van der Waals surface area contributed by atoms with Crippen molar-refractivity contribution in [2.75, 3.05) is 7.11 Å². The summed E-state index contributed by atoms with van der Waals surface area (Å²) in [5, 5.41) is 8.27. The Bertz CT molecular complexity index is 1090. The van der Waals surface area contributed by atoms with Gasteiger partial charge in [0.15, 0.2) is 0 Å². The molecule has 4 aromatic rings. The van der Waals surface area contributed by atoms with Crippen molar-refractivity contribution in [2.24, 2.45) is 0 Å². The molecule has 0 aliphatic heterocycles. The summed E-state index contributed by atoms with van der Waals surface area (Å²) >= 11 is 0. The molecule has 0 aliphatic carbocycles. The molecule has 2 N–H and O–H groups in total. The minimum atomic E-state index is 0.337. The van der Waals surface area contributed by atoms with Crippen LogP contribution in [-0.2, 0) is 0 Å². The van der Waals surface area contributed by atoms with Gasteiger partial charge in [-0.3, -0.25) is 0 Å². The van der Waals surface area contributed by atoms with Crippen LogP contribution in [0.15, 0.2) is 109 Å². The summed E-state index contributed by atoms with van der Waals surface area (Å²) in [6.45, 7) is 0. The van der Waals surface area contributed by atoms with E-state index in [2.05, 4.69) is 24.3 Å². The van der Waals surface area contributed by atoms with Crippen LogP contribution in [0, 0.1) is 0 Å².